The summed E-state index contributed by atoms with van der Waals surface area (Å²) < 4.78 is 23.5. The topological polar surface area (TPSA) is 77.5 Å². The molecule has 0 aromatic carbocycles. The van der Waals surface area contributed by atoms with Crippen molar-refractivity contribution in [3.63, 3.8) is 0 Å². The highest BCUT2D eigenvalue weighted by Crippen LogP contribution is 2.42. The Kier molecular flexibility index (Phi) is 4.33. The van der Waals surface area contributed by atoms with Gasteiger partial charge in [0.2, 0.25) is 0 Å². The number of aryl methyl sites for hydroxylation is 1. The zero-order valence-corrected chi connectivity index (χ0v) is 13.4. The van der Waals surface area contributed by atoms with Gasteiger partial charge in [-0.1, -0.05) is 6.92 Å². The third-order valence-electron chi connectivity index (χ3n) is 4.27. The normalized spacial score (nSPS) is 19.8. The predicted molar refractivity (Wildman–Crippen MR) is 82.5 cm³/mol. The van der Waals surface area contributed by atoms with E-state index in [9.17, 15) is 14.0 Å². The minimum absolute atomic E-state index is 0.0321. The monoisotopic (exact) mass is 332 g/mol. The average molecular weight is 332 g/mol. The lowest BCUT2D eigenvalue weighted by Crippen LogP contribution is -2.32. The number of ether oxygens (including phenoxy) is 2. The molecule has 0 amide bonds. The van der Waals surface area contributed by atoms with E-state index in [-0.39, 0.29) is 17.9 Å². The molecule has 0 bridgehead atoms. The molecule has 0 spiro atoms. The van der Waals surface area contributed by atoms with E-state index in [1.165, 1.54) is 7.11 Å². The fourth-order valence-corrected chi connectivity index (χ4v) is 3.16. The van der Waals surface area contributed by atoms with Crippen LogP contribution in [0.4, 0.5) is 4.39 Å². The van der Waals surface area contributed by atoms with Crippen LogP contribution in [0.5, 0.6) is 0 Å². The summed E-state index contributed by atoms with van der Waals surface area (Å²) in [6, 6.07) is 1.82. The van der Waals surface area contributed by atoms with Crippen LogP contribution >= 0.6 is 0 Å². The molecule has 0 saturated heterocycles. The third-order valence-corrected chi connectivity index (χ3v) is 4.27. The highest BCUT2D eigenvalue weighted by Gasteiger charge is 2.43. The van der Waals surface area contributed by atoms with Crippen LogP contribution in [0, 0.1) is 0 Å². The van der Waals surface area contributed by atoms with Crippen molar-refractivity contribution in [1.29, 1.82) is 0 Å². The van der Waals surface area contributed by atoms with E-state index < -0.39 is 24.5 Å². The molecule has 0 saturated carbocycles. The Morgan fingerprint density at radius 3 is 3.00 bits per heavy atom. The number of hydrogen-bond acceptors (Lipinski definition) is 6. The average Bonchev–Trinajstić information content (AvgIpc) is 3.00. The van der Waals surface area contributed by atoms with Gasteiger partial charge in [0.15, 0.2) is 0 Å². The van der Waals surface area contributed by atoms with Crippen molar-refractivity contribution in [2.75, 3.05) is 20.4 Å². The summed E-state index contributed by atoms with van der Waals surface area (Å²) in [5.74, 6) is -1.96. The smallest absolute Gasteiger partial charge is 0.337 e. The SMILES string of the molecule is CCc1ccncc1C1C(C(=O)OC)=C(CF)NC2=C1C(=O)OC2. The predicted octanol–water partition coefficient (Wildman–Crippen LogP) is 1.54. The molecule has 126 valence electrons. The van der Waals surface area contributed by atoms with Crippen LogP contribution in [0.1, 0.15) is 24.0 Å². The number of allylic oxidation sites excluding steroid dienone is 1. The number of hydrogen-bond donors (Lipinski definition) is 1. The molecule has 0 fully saturated rings. The lowest BCUT2D eigenvalue weighted by molar-refractivity contribution is -0.136. The van der Waals surface area contributed by atoms with Crippen molar-refractivity contribution < 1.29 is 23.5 Å². The Bertz CT molecular complexity index is 770. The van der Waals surface area contributed by atoms with Crippen molar-refractivity contribution in [2.24, 2.45) is 0 Å². The van der Waals surface area contributed by atoms with Crippen LogP contribution in [0.15, 0.2) is 41.0 Å². The van der Waals surface area contributed by atoms with Crippen LogP contribution in [-0.2, 0) is 25.5 Å². The molecule has 7 heteroatoms. The van der Waals surface area contributed by atoms with Crippen LogP contribution in [0.3, 0.4) is 0 Å². The summed E-state index contributed by atoms with van der Waals surface area (Å²) in [4.78, 5) is 28.7. The van der Waals surface area contributed by atoms with E-state index in [4.69, 9.17) is 9.47 Å². The number of halogens is 1. The summed E-state index contributed by atoms with van der Waals surface area (Å²) in [6.45, 7) is 1.11. The molecule has 3 heterocycles. The molecule has 0 radical (unpaired) electrons. The van der Waals surface area contributed by atoms with E-state index in [1.807, 2.05) is 13.0 Å². The molecular weight excluding hydrogens is 315 g/mol. The fraction of sp³-hybridized carbons (Fsp3) is 0.353. The van der Waals surface area contributed by atoms with Crippen LogP contribution in [0.25, 0.3) is 0 Å². The number of carbonyl (C=O) groups excluding carboxylic acids is 2. The first-order valence-corrected chi connectivity index (χ1v) is 7.59. The van der Waals surface area contributed by atoms with Crippen molar-refractivity contribution in [1.82, 2.24) is 10.3 Å². The lowest BCUT2D eigenvalue weighted by Gasteiger charge is -2.28. The number of aromatic nitrogens is 1. The quantitative estimate of drug-likeness (QED) is 0.843. The van der Waals surface area contributed by atoms with Gasteiger partial charge in [-0.2, -0.15) is 0 Å². The summed E-state index contributed by atoms with van der Waals surface area (Å²) in [5, 5.41) is 2.82. The molecule has 6 nitrogen and oxygen atoms in total. The second kappa shape index (κ2) is 6.43. The summed E-state index contributed by atoms with van der Waals surface area (Å²) in [6.07, 6.45) is 3.92. The van der Waals surface area contributed by atoms with Crippen molar-refractivity contribution in [3.05, 3.63) is 52.1 Å². The first-order valence-electron chi connectivity index (χ1n) is 7.59. The van der Waals surface area contributed by atoms with Gasteiger partial charge in [-0.25, -0.2) is 14.0 Å². The maximum atomic E-state index is 13.6. The number of pyridine rings is 1. The zero-order valence-electron chi connectivity index (χ0n) is 13.4. The second-order valence-electron chi connectivity index (χ2n) is 5.47. The minimum Gasteiger partial charge on any atom is -0.466 e. The Balaban J connectivity index is 2.25. The summed E-state index contributed by atoms with van der Waals surface area (Å²) in [7, 11) is 1.23. The number of dihydropyridines is 1. The van der Waals surface area contributed by atoms with E-state index in [1.54, 1.807) is 12.4 Å². The van der Waals surface area contributed by atoms with Crippen LogP contribution in [0.2, 0.25) is 0 Å². The minimum atomic E-state index is -0.881. The number of methoxy groups -OCH3 is 1. The van der Waals surface area contributed by atoms with Gasteiger partial charge in [-0.15, -0.1) is 0 Å². The maximum absolute atomic E-state index is 13.6. The zero-order chi connectivity index (χ0) is 17.3. The number of cyclic esters (lactones) is 1. The molecule has 24 heavy (non-hydrogen) atoms. The number of alkyl halides is 1. The van der Waals surface area contributed by atoms with Crippen LogP contribution < -0.4 is 5.32 Å². The molecule has 1 aromatic rings. The molecule has 3 rings (SSSR count). The van der Waals surface area contributed by atoms with E-state index >= 15 is 0 Å². The van der Waals surface area contributed by atoms with Crippen LogP contribution in [-0.4, -0.2) is 37.3 Å². The number of nitrogens with one attached hydrogen (secondary N) is 1. The van der Waals surface area contributed by atoms with Gasteiger partial charge >= 0.3 is 11.9 Å². The summed E-state index contributed by atoms with van der Waals surface area (Å²) >= 11 is 0. The first-order chi connectivity index (χ1) is 11.6. The first kappa shape index (κ1) is 16.2. The van der Waals surface area contributed by atoms with E-state index in [0.29, 0.717) is 23.3 Å². The number of esters is 2. The molecule has 0 aliphatic carbocycles. The van der Waals surface area contributed by atoms with Gasteiger partial charge in [0.1, 0.15) is 13.3 Å². The van der Waals surface area contributed by atoms with Gasteiger partial charge in [-0.3, -0.25) is 4.98 Å². The molecule has 1 N–H and O–H groups in total. The molecule has 2 aliphatic rings. The maximum Gasteiger partial charge on any atom is 0.337 e. The van der Waals surface area contributed by atoms with Gasteiger partial charge in [0.05, 0.1) is 35.6 Å². The molecule has 1 aromatic heterocycles. The molecule has 2 aliphatic heterocycles. The van der Waals surface area contributed by atoms with Gasteiger partial charge in [0.25, 0.3) is 0 Å². The third kappa shape index (κ3) is 2.46. The van der Waals surface area contributed by atoms with Crippen molar-refractivity contribution in [2.45, 2.75) is 19.3 Å². The number of carbonyl (C=O) groups is 2. The largest absolute Gasteiger partial charge is 0.466 e. The second-order valence-corrected chi connectivity index (χ2v) is 5.47. The van der Waals surface area contributed by atoms with Gasteiger partial charge in [-0.05, 0) is 23.6 Å². The van der Waals surface area contributed by atoms with Gasteiger partial charge in [0, 0.05) is 12.4 Å². The van der Waals surface area contributed by atoms with Crippen molar-refractivity contribution in [3.8, 4) is 0 Å². The van der Waals surface area contributed by atoms with E-state index in [2.05, 4.69) is 10.3 Å². The molecular formula is C17H17FN2O4. The standard InChI is InChI=1S/C17H17FN2O4/c1-3-9-4-5-19-7-10(9)13-14(16(21)23-2)11(6-18)20-12-8-24-17(22)15(12)13/h4-5,7,13,20H,3,6,8H2,1-2H3. The van der Waals surface area contributed by atoms with Crippen molar-refractivity contribution >= 4 is 11.9 Å². The Morgan fingerprint density at radius 2 is 2.33 bits per heavy atom. The molecule has 1 unspecified atom stereocenters. The lowest BCUT2D eigenvalue weighted by atomic mass is 9.79. The highest BCUT2D eigenvalue weighted by atomic mass is 19.1. The Labute approximate surface area is 138 Å². The Morgan fingerprint density at radius 1 is 1.54 bits per heavy atom. The highest BCUT2D eigenvalue weighted by molar-refractivity contribution is 6.01. The Hall–Kier alpha value is -2.70. The molecule has 1 atom stereocenters. The number of rotatable bonds is 4. The summed E-state index contributed by atoms with van der Waals surface area (Å²) in [5.41, 5.74) is 2.57. The number of nitrogens with zero attached hydrogens (tertiary/aromatic N) is 1. The van der Waals surface area contributed by atoms with E-state index in [0.717, 1.165) is 5.56 Å². The fourth-order valence-electron chi connectivity index (χ4n) is 3.16. The van der Waals surface area contributed by atoms with Gasteiger partial charge < -0.3 is 14.8 Å².